The van der Waals surface area contributed by atoms with Gasteiger partial charge in [0.25, 0.3) is 0 Å². The Hall–Kier alpha value is -2.17. The van der Waals surface area contributed by atoms with E-state index in [1.807, 2.05) is 0 Å². The van der Waals surface area contributed by atoms with Crippen LogP contribution in [0.4, 0.5) is 0 Å². The van der Waals surface area contributed by atoms with Crippen molar-refractivity contribution in [2.24, 2.45) is 5.92 Å². The van der Waals surface area contributed by atoms with Crippen molar-refractivity contribution in [2.75, 3.05) is 13.1 Å². The largest absolute Gasteiger partial charge is 0.481 e. The predicted octanol–water partition coefficient (Wildman–Crippen LogP) is 5.10. The van der Waals surface area contributed by atoms with Crippen molar-refractivity contribution in [1.29, 1.82) is 0 Å². The van der Waals surface area contributed by atoms with Gasteiger partial charge in [-0.2, -0.15) is 0 Å². The van der Waals surface area contributed by atoms with E-state index >= 15 is 0 Å². The summed E-state index contributed by atoms with van der Waals surface area (Å²) in [5.41, 5.74) is 2.61. The monoisotopic (exact) mass is 365 g/mol. The summed E-state index contributed by atoms with van der Waals surface area (Å²) in [5.74, 6) is -0.859. The number of hydrogen-bond acceptors (Lipinski definition) is 3. The van der Waals surface area contributed by atoms with E-state index in [9.17, 15) is 9.90 Å². The number of carboxylic acid groups (broad SMARTS) is 1. The van der Waals surface area contributed by atoms with E-state index in [1.54, 1.807) is 11.3 Å². The van der Waals surface area contributed by atoms with Gasteiger partial charge in [-0.25, -0.2) is 0 Å². The molecule has 1 atom stereocenters. The molecule has 2 heterocycles. The zero-order valence-corrected chi connectivity index (χ0v) is 15.7. The van der Waals surface area contributed by atoms with Crippen molar-refractivity contribution in [1.82, 2.24) is 4.90 Å². The maximum absolute atomic E-state index is 11.3. The molecule has 3 aromatic rings. The third kappa shape index (κ3) is 3.27. The summed E-state index contributed by atoms with van der Waals surface area (Å²) >= 11 is 1.80. The first kappa shape index (κ1) is 17.3. The number of piperidine rings is 1. The highest BCUT2D eigenvalue weighted by molar-refractivity contribution is 7.10. The van der Waals surface area contributed by atoms with Gasteiger partial charge in [0, 0.05) is 4.88 Å². The summed E-state index contributed by atoms with van der Waals surface area (Å²) in [7, 11) is 0. The Morgan fingerprint density at radius 1 is 1.15 bits per heavy atom. The highest BCUT2D eigenvalue weighted by atomic mass is 32.1. The average Bonchev–Trinajstić information content (AvgIpc) is 3.08. The Morgan fingerprint density at radius 2 is 1.88 bits per heavy atom. The molecule has 4 heteroatoms. The average molecular weight is 365 g/mol. The van der Waals surface area contributed by atoms with Crippen LogP contribution in [0.15, 0.2) is 53.9 Å². The molecule has 1 fully saturated rings. The number of aliphatic carboxylic acids is 1. The lowest BCUT2D eigenvalue weighted by atomic mass is 9.91. The summed E-state index contributed by atoms with van der Waals surface area (Å²) < 4.78 is 0. The number of benzene rings is 2. The van der Waals surface area contributed by atoms with Gasteiger partial charge in [0.15, 0.2) is 0 Å². The van der Waals surface area contributed by atoms with E-state index in [2.05, 4.69) is 65.7 Å². The predicted molar refractivity (Wildman–Crippen MR) is 107 cm³/mol. The molecule has 0 spiro atoms. The summed E-state index contributed by atoms with van der Waals surface area (Å²) in [5, 5.41) is 14.1. The van der Waals surface area contributed by atoms with Crippen LogP contribution in [0.5, 0.6) is 0 Å². The molecule has 1 saturated heterocycles. The van der Waals surface area contributed by atoms with Crippen molar-refractivity contribution in [2.45, 2.75) is 25.8 Å². The molecule has 1 aromatic heterocycles. The molecule has 3 nitrogen and oxygen atoms in total. The minimum Gasteiger partial charge on any atom is -0.481 e. The second-order valence-corrected chi connectivity index (χ2v) is 8.09. The minimum atomic E-state index is -0.654. The summed E-state index contributed by atoms with van der Waals surface area (Å²) in [6, 6.07) is 17.5. The second kappa shape index (κ2) is 7.22. The Kier molecular flexibility index (Phi) is 4.79. The van der Waals surface area contributed by atoms with Crippen LogP contribution < -0.4 is 0 Å². The van der Waals surface area contributed by atoms with Gasteiger partial charge in [-0.15, -0.1) is 11.3 Å². The first-order valence-corrected chi connectivity index (χ1v) is 10.0. The van der Waals surface area contributed by atoms with Crippen LogP contribution >= 0.6 is 11.3 Å². The van der Waals surface area contributed by atoms with E-state index in [0.717, 1.165) is 25.9 Å². The molecular weight excluding hydrogens is 342 g/mol. The number of rotatable bonds is 4. The van der Waals surface area contributed by atoms with Crippen LogP contribution in [0.1, 0.15) is 34.9 Å². The van der Waals surface area contributed by atoms with Gasteiger partial charge in [0.1, 0.15) is 0 Å². The van der Waals surface area contributed by atoms with Crippen LogP contribution in [-0.2, 0) is 4.79 Å². The number of thiophene rings is 1. The summed E-state index contributed by atoms with van der Waals surface area (Å²) in [6.45, 7) is 3.78. The molecule has 26 heavy (non-hydrogen) atoms. The van der Waals surface area contributed by atoms with Crippen LogP contribution in [0.3, 0.4) is 0 Å². The molecule has 1 N–H and O–H groups in total. The fourth-order valence-electron chi connectivity index (χ4n) is 4.02. The topological polar surface area (TPSA) is 40.5 Å². The van der Waals surface area contributed by atoms with Crippen LogP contribution in [0, 0.1) is 12.8 Å². The van der Waals surface area contributed by atoms with E-state index in [1.165, 1.54) is 26.8 Å². The normalized spacial score (nSPS) is 17.4. The standard InChI is InChI=1S/C22H23NO2S/c1-15-13-20(26-14-15)21(23-11-9-17(10-12-23)22(24)25)19-8-4-6-16-5-2-3-7-18(16)19/h2-8,13-14,17,21H,9-12H2,1H3,(H,24,25). The summed E-state index contributed by atoms with van der Waals surface area (Å²) in [6.07, 6.45) is 1.45. The number of fused-ring (bicyclic) bond motifs is 1. The molecule has 1 aliphatic heterocycles. The quantitative estimate of drug-likeness (QED) is 0.699. The number of nitrogens with zero attached hydrogens (tertiary/aromatic N) is 1. The smallest absolute Gasteiger partial charge is 0.306 e. The first-order valence-electron chi connectivity index (χ1n) is 9.13. The van der Waals surface area contributed by atoms with E-state index < -0.39 is 5.97 Å². The lowest BCUT2D eigenvalue weighted by molar-refractivity contribution is -0.143. The Balaban J connectivity index is 1.76. The molecule has 0 bridgehead atoms. The molecule has 2 aromatic carbocycles. The minimum absolute atomic E-state index is 0.189. The van der Waals surface area contributed by atoms with Gasteiger partial charge in [0.05, 0.1) is 12.0 Å². The van der Waals surface area contributed by atoms with E-state index in [0.29, 0.717) is 0 Å². The van der Waals surface area contributed by atoms with Crippen molar-refractivity contribution in [3.63, 3.8) is 0 Å². The molecule has 1 unspecified atom stereocenters. The Labute approximate surface area is 157 Å². The van der Waals surface area contributed by atoms with Crippen molar-refractivity contribution < 1.29 is 9.90 Å². The van der Waals surface area contributed by atoms with Gasteiger partial charge >= 0.3 is 5.97 Å². The van der Waals surface area contributed by atoms with Crippen LogP contribution in [-0.4, -0.2) is 29.1 Å². The SMILES string of the molecule is Cc1csc(C(c2cccc3ccccc23)N2CCC(C(=O)O)CC2)c1. The Morgan fingerprint density at radius 3 is 2.58 bits per heavy atom. The van der Waals surface area contributed by atoms with Gasteiger partial charge in [0.2, 0.25) is 0 Å². The lowest BCUT2D eigenvalue weighted by Gasteiger charge is -2.37. The van der Waals surface area contributed by atoms with Gasteiger partial charge in [-0.3, -0.25) is 9.69 Å². The molecule has 0 aliphatic carbocycles. The molecule has 4 rings (SSSR count). The molecule has 134 valence electrons. The number of carbonyl (C=O) groups is 1. The fourth-order valence-corrected chi connectivity index (χ4v) is 5.07. The number of aryl methyl sites for hydroxylation is 1. The zero-order valence-electron chi connectivity index (χ0n) is 14.9. The molecule has 0 saturated carbocycles. The molecular formula is C22H23NO2S. The van der Waals surface area contributed by atoms with E-state index in [4.69, 9.17) is 0 Å². The number of likely N-dealkylation sites (tertiary alicyclic amines) is 1. The van der Waals surface area contributed by atoms with E-state index in [-0.39, 0.29) is 12.0 Å². The third-order valence-electron chi connectivity index (χ3n) is 5.38. The first-order chi connectivity index (χ1) is 12.6. The van der Waals surface area contributed by atoms with Gasteiger partial charge in [-0.05, 0) is 66.2 Å². The highest BCUT2D eigenvalue weighted by Gasteiger charge is 2.31. The van der Waals surface area contributed by atoms with Crippen LogP contribution in [0.2, 0.25) is 0 Å². The molecule has 1 aliphatic rings. The Bertz CT molecular complexity index is 919. The fraction of sp³-hybridized carbons (Fsp3) is 0.318. The highest BCUT2D eigenvalue weighted by Crippen LogP contribution is 2.38. The second-order valence-electron chi connectivity index (χ2n) is 7.15. The van der Waals surface area contributed by atoms with Crippen molar-refractivity contribution in [3.05, 3.63) is 69.9 Å². The van der Waals surface area contributed by atoms with Crippen LogP contribution in [0.25, 0.3) is 10.8 Å². The van der Waals surface area contributed by atoms with Gasteiger partial charge < -0.3 is 5.11 Å². The third-order valence-corrected chi connectivity index (χ3v) is 6.49. The maximum atomic E-state index is 11.3. The van der Waals surface area contributed by atoms with Gasteiger partial charge in [-0.1, -0.05) is 42.5 Å². The molecule has 0 radical (unpaired) electrons. The number of hydrogen-bond donors (Lipinski definition) is 1. The van der Waals surface area contributed by atoms with Crippen molar-refractivity contribution in [3.8, 4) is 0 Å². The van der Waals surface area contributed by atoms with Crippen molar-refractivity contribution >= 4 is 28.1 Å². The molecule has 0 amide bonds. The lowest BCUT2D eigenvalue weighted by Crippen LogP contribution is -2.39. The maximum Gasteiger partial charge on any atom is 0.306 e. The number of carboxylic acids is 1. The zero-order chi connectivity index (χ0) is 18.1. The summed E-state index contributed by atoms with van der Waals surface area (Å²) in [4.78, 5) is 15.1.